The van der Waals surface area contributed by atoms with Crippen LogP contribution >= 0.6 is 11.8 Å². The van der Waals surface area contributed by atoms with E-state index in [2.05, 4.69) is 11.0 Å². The molecule has 0 unspecified atom stereocenters. The Morgan fingerprint density at radius 1 is 1.13 bits per heavy atom. The average Bonchev–Trinajstić information content (AvgIpc) is 2.79. The molecule has 2 aromatic rings. The van der Waals surface area contributed by atoms with Gasteiger partial charge in [-0.1, -0.05) is 41.6 Å². The van der Waals surface area contributed by atoms with Crippen molar-refractivity contribution in [2.75, 3.05) is 31.7 Å². The van der Waals surface area contributed by atoms with Crippen molar-refractivity contribution >= 4 is 23.4 Å². The van der Waals surface area contributed by atoms with Gasteiger partial charge in [0, 0.05) is 18.4 Å². The van der Waals surface area contributed by atoms with E-state index in [-0.39, 0.29) is 11.8 Å². The molecule has 0 N–H and O–H groups in total. The van der Waals surface area contributed by atoms with Crippen LogP contribution in [0, 0.1) is 18.3 Å². The first-order valence-corrected chi connectivity index (χ1v) is 10.6. The van der Waals surface area contributed by atoms with Crippen molar-refractivity contribution in [3.05, 3.63) is 64.2 Å². The molecule has 2 aliphatic rings. The van der Waals surface area contributed by atoms with E-state index in [1.165, 1.54) is 11.8 Å². The lowest BCUT2D eigenvalue weighted by molar-refractivity contribution is -0.129. The van der Waals surface area contributed by atoms with Crippen LogP contribution in [0.5, 0.6) is 11.5 Å². The summed E-state index contributed by atoms with van der Waals surface area (Å²) in [6.07, 6.45) is 0.295. The second kappa shape index (κ2) is 8.33. The summed E-state index contributed by atoms with van der Waals surface area (Å²) in [4.78, 5) is 16.9. The quantitative estimate of drug-likeness (QED) is 0.736. The smallest absolute Gasteiger partial charge is 0.229 e. The summed E-state index contributed by atoms with van der Waals surface area (Å²) in [5, 5.41) is 10.7. The molecule has 0 aromatic heterocycles. The average molecular weight is 422 g/mol. The third kappa shape index (κ3) is 3.59. The van der Waals surface area contributed by atoms with Gasteiger partial charge in [-0.15, -0.1) is 0 Å². The number of hydrogen-bond donors (Lipinski definition) is 0. The largest absolute Gasteiger partial charge is 0.497 e. The first-order chi connectivity index (χ1) is 14.5. The normalized spacial score (nSPS) is 18.7. The van der Waals surface area contributed by atoms with Crippen molar-refractivity contribution in [2.24, 2.45) is 0 Å². The molecule has 0 aliphatic carbocycles. The lowest BCUT2D eigenvalue weighted by atomic mass is 9.86. The maximum atomic E-state index is 13.1. The summed E-state index contributed by atoms with van der Waals surface area (Å²) in [5.74, 6) is 1.85. The number of amides is 1. The molecule has 0 saturated carbocycles. The van der Waals surface area contributed by atoms with E-state index in [0.29, 0.717) is 36.0 Å². The van der Waals surface area contributed by atoms with E-state index in [0.717, 1.165) is 21.8 Å². The number of aryl methyl sites for hydroxylation is 1. The fourth-order valence-electron chi connectivity index (χ4n) is 3.84. The lowest BCUT2D eigenvalue weighted by Crippen LogP contribution is -2.47. The molecule has 2 aliphatic heterocycles. The zero-order valence-corrected chi connectivity index (χ0v) is 18.0. The first-order valence-electron chi connectivity index (χ1n) is 9.66. The molecule has 6 nitrogen and oxygen atoms in total. The highest BCUT2D eigenvalue weighted by Gasteiger charge is 2.38. The number of benzene rings is 2. The molecule has 2 heterocycles. The number of allylic oxidation sites excluding steroid dienone is 1. The maximum absolute atomic E-state index is 13.1. The number of anilines is 1. The number of carbonyl (C=O) groups excluding carboxylic acids is 1. The highest BCUT2D eigenvalue weighted by atomic mass is 32.2. The van der Waals surface area contributed by atoms with Crippen LogP contribution in [0.1, 0.15) is 23.5 Å². The molecule has 1 saturated heterocycles. The Bertz CT molecular complexity index is 1040. The van der Waals surface area contributed by atoms with Crippen LogP contribution in [0.15, 0.2) is 53.1 Å². The van der Waals surface area contributed by atoms with E-state index in [1.807, 2.05) is 49.4 Å². The summed E-state index contributed by atoms with van der Waals surface area (Å²) < 4.78 is 10.8. The monoisotopic (exact) mass is 421 g/mol. The number of ether oxygens (including phenoxy) is 2. The minimum Gasteiger partial charge on any atom is -0.497 e. The van der Waals surface area contributed by atoms with Gasteiger partial charge in [0.25, 0.3) is 0 Å². The second-order valence-electron chi connectivity index (χ2n) is 7.31. The van der Waals surface area contributed by atoms with E-state index in [1.54, 1.807) is 19.1 Å². The Labute approximate surface area is 180 Å². The first kappa shape index (κ1) is 20.2. The number of hydrogen-bond acceptors (Lipinski definition) is 6. The molecule has 1 amide bonds. The summed E-state index contributed by atoms with van der Waals surface area (Å²) >= 11 is 1.52. The van der Waals surface area contributed by atoms with Crippen molar-refractivity contribution in [3.8, 4) is 17.6 Å². The van der Waals surface area contributed by atoms with Gasteiger partial charge in [-0.25, -0.2) is 0 Å². The van der Waals surface area contributed by atoms with Crippen LogP contribution in [-0.4, -0.2) is 37.6 Å². The molecule has 30 heavy (non-hydrogen) atoms. The van der Waals surface area contributed by atoms with E-state index < -0.39 is 0 Å². The number of nitriles is 1. The van der Waals surface area contributed by atoms with Gasteiger partial charge in [0.2, 0.25) is 5.91 Å². The Morgan fingerprint density at radius 2 is 1.90 bits per heavy atom. The van der Waals surface area contributed by atoms with Crippen LogP contribution in [-0.2, 0) is 4.79 Å². The minimum absolute atomic E-state index is 0.0271. The highest BCUT2D eigenvalue weighted by Crippen LogP contribution is 2.44. The molecule has 7 heteroatoms. The number of carbonyl (C=O) groups is 1. The summed E-state index contributed by atoms with van der Waals surface area (Å²) in [6.45, 7) is 2.41. The van der Waals surface area contributed by atoms with Crippen molar-refractivity contribution in [1.29, 1.82) is 5.26 Å². The highest BCUT2D eigenvalue weighted by molar-refractivity contribution is 8.03. The van der Waals surface area contributed by atoms with Crippen LogP contribution in [0.3, 0.4) is 0 Å². The zero-order valence-electron chi connectivity index (χ0n) is 17.2. The van der Waals surface area contributed by atoms with Gasteiger partial charge in [0.05, 0.1) is 49.1 Å². The van der Waals surface area contributed by atoms with E-state index in [9.17, 15) is 10.1 Å². The molecule has 0 spiro atoms. The van der Waals surface area contributed by atoms with Crippen LogP contribution < -0.4 is 14.4 Å². The lowest BCUT2D eigenvalue weighted by Gasteiger charge is -2.42. The number of methoxy groups -OCH3 is 2. The van der Waals surface area contributed by atoms with E-state index >= 15 is 0 Å². The topological polar surface area (TPSA) is 65.8 Å². The van der Waals surface area contributed by atoms with E-state index in [4.69, 9.17) is 9.47 Å². The van der Waals surface area contributed by atoms with Gasteiger partial charge in [-0.3, -0.25) is 9.69 Å². The minimum atomic E-state index is -0.191. The molecular weight excluding hydrogens is 398 g/mol. The Kier molecular flexibility index (Phi) is 5.60. The van der Waals surface area contributed by atoms with Gasteiger partial charge in [0.15, 0.2) is 0 Å². The third-order valence-electron chi connectivity index (χ3n) is 5.50. The summed E-state index contributed by atoms with van der Waals surface area (Å²) in [6, 6.07) is 16.1. The van der Waals surface area contributed by atoms with Crippen molar-refractivity contribution in [2.45, 2.75) is 19.3 Å². The Hall–Kier alpha value is -3.11. The number of thioether (sulfide) groups is 1. The fourth-order valence-corrected chi connectivity index (χ4v) is 5.00. The van der Waals surface area contributed by atoms with Crippen LogP contribution in [0.4, 0.5) is 5.69 Å². The molecule has 4 rings (SSSR count). The molecule has 2 aromatic carbocycles. The Balaban J connectivity index is 1.65. The van der Waals surface area contributed by atoms with Crippen LogP contribution in [0.2, 0.25) is 0 Å². The second-order valence-corrected chi connectivity index (χ2v) is 8.25. The molecule has 1 fully saturated rings. The zero-order chi connectivity index (χ0) is 21.3. The molecule has 0 radical (unpaired) electrons. The van der Waals surface area contributed by atoms with Crippen molar-refractivity contribution < 1.29 is 14.3 Å². The molecule has 0 bridgehead atoms. The van der Waals surface area contributed by atoms with Crippen molar-refractivity contribution in [3.63, 3.8) is 0 Å². The third-order valence-corrected chi connectivity index (χ3v) is 6.66. The predicted molar refractivity (Wildman–Crippen MR) is 117 cm³/mol. The van der Waals surface area contributed by atoms with Crippen molar-refractivity contribution in [1.82, 2.24) is 4.90 Å². The van der Waals surface area contributed by atoms with Crippen LogP contribution in [0.25, 0.3) is 0 Å². The summed E-state index contributed by atoms with van der Waals surface area (Å²) in [7, 11) is 3.23. The summed E-state index contributed by atoms with van der Waals surface area (Å²) in [5.41, 5.74) is 3.73. The van der Waals surface area contributed by atoms with Gasteiger partial charge >= 0.3 is 0 Å². The molecular formula is C23H23N3O3S. The van der Waals surface area contributed by atoms with Gasteiger partial charge < -0.3 is 14.4 Å². The molecule has 1 atom stereocenters. The standard InChI is InChI=1S/C23H23N3O3S/c1-15-4-6-16(7-5-15)18-11-22(27)26-13-25(14-30-23(26)19(18)12-24)20-9-8-17(28-2)10-21(20)29-3/h4-10,18H,11,13-14H2,1-3H3/t18-/m1/s1. The fraction of sp³-hybridized carbons (Fsp3) is 0.304. The number of nitrogens with zero attached hydrogens (tertiary/aromatic N) is 3. The van der Waals surface area contributed by atoms with Gasteiger partial charge in [-0.2, -0.15) is 5.26 Å². The number of fused-ring (bicyclic) bond motifs is 1. The van der Waals surface area contributed by atoms with Gasteiger partial charge in [0.1, 0.15) is 11.5 Å². The van der Waals surface area contributed by atoms with Gasteiger partial charge in [-0.05, 0) is 24.6 Å². The SMILES string of the molecule is COc1ccc(N2CSC3=C(C#N)[C@@H](c4ccc(C)cc4)CC(=O)N3C2)c(OC)c1. The Morgan fingerprint density at radius 3 is 2.57 bits per heavy atom. The number of rotatable bonds is 4. The predicted octanol–water partition coefficient (Wildman–Crippen LogP) is 4.23. The molecule has 154 valence electrons. The maximum Gasteiger partial charge on any atom is 0.229 e.